The number of nitrogens with zero attached hydrogens (tertiary/aromatic N) is 1. The van der Waals surface area contributed by atoms with E-state index in [-0.39, 0.29) is 11.2 Å². The predicted molar refractivity (Wildman–Crippen MR) is 119 cm³/mol. The van der Waals surface area contributed by atoms with Crippen LogP contribution in [0.25, 0.3) is 0 Å². The topological polar surface area (TPSA) is 20.3 Å². The summed E-state index contributed by atoms with van der Waals surface area (Å²) < 4.78 is 0. The van der Waals surface area contributed by atoms with Crippen molar-refractivity contribution in [1.82, 2.24) is 4.90 Å². The van der Waals surface area contributed by atoms with Gasteiger partial charge in [0.15, 0.2) is 0 Å². The second kappa shape index (κ2) is 10.4. The first-order chi connectivity index (χ1) is 13.7. The van der Waals surface area contributed by atoms with E-state index in [4.69, 9.17) is 11.6 Å². The highest BCUT2D eigenvalue weighted by molar-refractivity contribution is 8.00. The quantitative estimate of drug-likeness (QED) is 0.399. The first kappa shape index (κ1) is 20.5. The Bertz CT molecular complexity index is 827. The van der Waals surface area contributed by atoms with Gasteiger partial charge in [-0.05, 0) is 41.8 Å². The van der Waals surface area contributed by atoms with Crippen LogP contribution in [0.15, 0.2) is 89.8 Å². The number of carbonyl (C=O) groups is 1. The van der Waals surface area contributed by atoms with Crippen LogP contribution in [0.4, 0.5) is 0 Å². The van der Waals surface area contributed by atoms with Crippen LogP contribution in [0.5, 0.6) is 0 Å². The first-order valence-corrected chi connectivity index (χ1v) is 10.7. The monoisotopic (exact) mass is 409 g/mol. The second-order valence-electron chi connectivity index (χ2n) is 6.63. The second-order valence-corrected chi connectivity index (χ2v) is 8.35. The normalized spacial score (nSPS) is 11.8. The van der Waals surface area contributed by atoms with E-state index in [1.807, 2.05) is 65.6 Å². The van der Waals surface area contributed by atoms with E-state index in [2.05, 4.69) is 31.2 Å². The SMILES string of the molecule is CC[C@H](Sc1ccc(Cl)cc1)C(=O)N(Cc1ccccc1)Cc1ccccc1. The molecule has 0 aliphatic carbocycles. The Balaban J connectivity index is 1.79. The number of benzene rings is 3. The van der Waals surface area contributed by atoms with Crippen LogP contribution in [0.2, 0.25) is 5.02 Å². The van der Waals surface area contributed by atoms with E-state index in [1.54, 1.807) is 11.8 Å². The average Bonchev–Trinajstić information content (AvgIpc) is 2.74. The fourth-order valence-corrected chi connectivity index (χ4v) is 4.17. The summed E-state index contributed by atoms with van der Waals surface area (Å²) in [5, 5.41) is 0.576. The van der Waals surface area contributed by atoms with Crippen LogP contribution in [0.1, 0.15) is 24.5 Å². The molecule has 0 heterocycles. The average molecular weight is 410 g/mol. The van der Waals surface area contributed by atoms with Crippen molar-refractivity contribution in [3.63, 3.8) is 0 Å². The van der Waals surface area contributed by atoms with E-state index in [1.165, 1.54) is 0 Å². The number of amides is 1. The van der Waals surface area contributed by atoms with Crippen LogP contribution >= 0.6 is 23.4 Å². The summed E-state index contributed by atoms with van der Waals surface area (Å²) in [5.41, 5.74) is 2.27. The summed E-state index contributed by atoms with van der Waals surface area (Å²) in [6.07, 6.45) is 0.770. The first-order valence-electron chi connectivity index (χ1n) is 9.44. The van der Waals surface area contributed by atoms with Crippen molar-refractivity contribution in [2.75, 3.05) is 0 Å². The van der Waals surface area contributed by atoms with Crippen molar-refractivity contribution in [2.45, 2.75) is 36.6 Å². The van der Waals surface area contributed by atoms with Crippen LogP contribution in [0.3, 0.4) is 0 Å². The van der Waals surface area contributed by atoms with Gasteiger partial charge in [0.05, 0.1) is 5.25 Å². The molecule has 0 saturated carbocycles. The zero-order valence-corrected chi connectivity index (χ0v) is 17.5. The molecule has 0 aliphatic heterocycles. The lowest BCUT2D eigenvalue weighted by molar-refractivity contribution is -0.131. The van der Waals surface area contributed by atoms with Gasteiger partial charge in [0.2, 0.25) is 5.91 Å². The van der Waals surface area contributed by atoms with E-state index < -0.39 is 0 Å². The zero-order chi connectivity index (χ0) is 19.8. The minimum atomic E-state index is -0.131. The number of rotatable bonds is 8. The molecule has 0 aromatic heterocycles. The molecule has 28 heavy (non-hydrogen) atoms. The lowest BCUT2D eigenvalue weighted by Crippen LogP contribution is -2.36. The van der Waals surface area contributed by atoms with E-state index in [0.717, 1.165) is 22.4 Å². The highest BCUT2D eigenvalue weighted by Crippen LogP contribution is 2.29. The highest BCUT2D eigenvalue weighted by atomic mass is 35.5. The van der Waals surface area contributed by atoms with Crippen molar-refractivity contribution in [3.05, 3.63) is 101 Å². The summed E-state index contributed by atoms with van der Waals surface area (Å²) in [6.45, 7) is 3.27. The molecule has 1 amide bonds. The molecular weight excluding hydrogens is 386 g/mol. The van der Waals surface area contributed by atoms with Crippen molar-refractivity contribution in [1.29, 1.82) is 0 Å². The third-order valence-electron chi connectivity index (χ3n) is 4.48. The molecule has 3 aromatic rings. The van der Waals surface area contributed by atoms with E-state index >= 15 is 0 Å². The van der Waals surface area contributed by atoms with E-state index in [9.17, 15) is 4.79 Å². The molecule has 0 N–H and O–H groups in total. The summed E-state index contributed by atoms with van der Waals surface area (Å²) >= 11 is 7.60. The van der Waals surface area contributed by atoms with E-state index in [0.29, 0.717) is 18.1 Å². The van der Waals surface area contributed by atoms with Gasteiger partial charge in [-0.3, -0.25) is 4.79 Å². The van der Waals surface area contributed by atoms with Gasteiger partial charge in [0, 0.05) is 23.0 Å². The lowest BCUT2D eigenvalue weighted by Gasteiger charge is -2.27. The van der Waals surface area contributed by atoms with Crippen LogP contribution in [0, 0.1) is 0 Å². The zero-order valence-electron chi connectivity index (χ0n) is 15.9. The van der Waals surface area contributed by atoms with Crippen LogP contribution in [-0.4, -0.2) is 16.1 Å². The van der Waals surface area contributed by atoms with Gasteiger partial charge in [-0.2, -0.15) is 0 Å². The van der Waals surface area contributed by atoms with Crippen molar-refractivity contribution < 1.29 is 4.79 Å². The summed E-state index contributed by atoms with van der Waals surface area (Å²) in [5.74, 6) is 0.162. The minimum absolute atomic E-state index is 0.131. The maximum Gasteiger partial charge on any atom is 0.236 e. The highest BCUT2D eigenvalue weighted by Gasteiger charge is 2.24. The molecule has 4 heteroatoms. The van der Waals surface area contributed by atoms with Gasteiger partial charge >= 0.3 is 0 Å². The molecule has 0 bridgehead atoms. The van der Waals surface area contributed by atoms with Crippen LogP contribution < -0.4 is 0 Å². The molecule has 0 saturated heterocycles. The van der Waals surface area contributed by atoms with Gasteiger partial charge in [0.1, 0.15) is 0 Å². The van der Waals surface area contributed by atoms with Crippen molar-refractivity contribution >= 4 is 29.3 Å². The summed E-state index contributed by atoms with van der Waals surface area (Å²) in [6, 6.07) is 28.0. The standard InChI is InChI=1S/C24H24ClNOS/c1-2-23(28-22-15-13-21(25)14-16-22)24(27)26(17-19-9-5-3-6-10-19)18-20-11-7-4-8-12-20/h3-16,23H,2,17-18H2,1H3/t23-/m0/s1. The Morgan fingerprint density at radius 2 is 1.36 bits per heavy atom. The number of halogens is 1. The van der Waals surface area contributed by atoms with Gasteiger partial charge in [-0.15, -0.1) is 11.8 Å². The lowest BCUT2D eigenvalue weighted by atomic mass is 10.1. The Morgan fingerprint density at radius 3 is 1.82 bits per heavy atom. The molecule has 0 spiro atoms. The largest absolute Gasteiger partial charge is 0.333 e. The van der Waals surface area contributed by atoms with Crippen molar-refractivity contribution in [2.24, 2.45) is 0 Å². The summed E-state index contributed by atoms with van der Waals surface area (Å²) in [7, 11) is 0. The molecule has 2 nitrogen and oxygen atoms in total. The fraction of sp³-hybridized carbons (Fsp3) is 0.208. The maximum atomic E-state index is 13.4. The minimum Gasteiger partial charge on any atom is -0.333 e. The predicted octanol–water partition coefficient (Wildman–Crippen LogP) is 6.44. The Kier molecular flexibility index (Phi) is 7.58. The van der Waals surface area contributed by atoms with Crippen LogP contribution in [-0.2, 0) is 17.9 Å². The van der Waals surface area contributed by atoms with Gasteiger partial charge < -0.3 is 4.90 Å². The molecule has 0 unspecified atom stereocenters. The third-order valence-corrected chi connectivity index (χ3v) is 6.10. The van der Waals surface area contributed by atoms with Gasteiger partial charge in [-0.25, -0.2) is 0 Å². The molecule has 0 radical (unpaired) electrons. The van der Waals surface area contributed by atoms with Gasteiger partial charge in [0.25, 0.3) is 0 Å². The summed E-state index contributed by atoms with van der Waals surface area (Å²) in [4.78, 5) is 16.5. The molecule has 1 atom stereocenters. The number of thioether (sulfide) groups is 1. The Hall–Kier alpha value is -2.23. The van der Waals surface area contributed by atoms with Crippen molar-refractivity contribution in [3.8, 4) is 0 Å². The number of carbonyl (C=O) groups excluding carboxylic acids is 1. The maximum absolute atomic E-state index is 13.4. The molecular formula is C24H24ClNOS. The molecule has 3 rings (SSSR count). The number of hydrogen-bond donors (Lipinski definition) is 0. The molecule has 0 fully saturated rings. The number of hydrogen-bond acceptors (Lipinski definition) is 2. The third kappa shape index (κ3) is 5.88. The molecule has 0 aliphatic rings. The smallest absolute Gasteiger partial charge is 0.236 e. The van der Waals surface area contributed by atoms with Gasteiger partial charge in [-0.1, -0.05) is 79.2 Å². The Morgan fingerprint density at radius 1 is 0.857 bits per heavy atom. The molecule has 144 valence electrons. The molecule has 3 aromatic carbocycles. The fourth-order valence-electron chi connectivity index (χ4n) is 3.01. The Labute approximate surface area is 176 Å².